The van der Waals surface area contributed by atoms with Crippen LogP contribution in [-0.4, -0.2) is 5.04 Å². The number of hydrogen-bond donors (Lipinski definition) is 0. The average Bonchev–Trinajstić information content (AvgIpc) is 2.97. The minimum absolute atomic E-state index is 0.716. The number of rotatable bonds is 2. The summed E-state index contributed by atoms with van der Waals surface area (Å²) in [4.78, 5) is 6.03. The van der Waals surface area contributed by atoms with E-state index in [0.29, 0.717) is 0 Å². The van der Waals surface area contributed by atoms with Crippen molar-refractivity contribution in [1.82, 2.24) is 0 Å². The molecule has 1 unspecified atom stereocenters. The van der Waals surface area contributed by atoms with Crippen molar-refractivity contribution in [2.75, 3.05) is 0 Å². The fraction of sp³-hybridized carbons (Fsp3) is 0.0556. The number of aliphatic imine (C=N–C) groups is 1. The summed E-state index contributed by atoms with van der Waals surface area (Å²) in [6, 6.07) is 20.4. The quantitative estimate of drug-likeness (QED) is 0.814. The van der Waals surface area contributed by atoms with Gasteiger partial charge in [-0.1, -0.05) is 72.4 Å². The molecular formula is C18H13NOS. The fourth-order valence-electron chi connectivity index (χ4n) is 2.53. The standard InChI is InChI=1S/C18H13NOS/c1-3-8-14(9-4-1)17-19-18(15-10-5-2-6-11-15)16(21-17)12-7-13-20-18/h1-13H. The summed E-state index contributed by atoms with van der Waals surface area (Å²) in [6.45, 7) is 0. The summed E-state index contributed by atoms with van der Waals surface area (Å²) < 4.78 is 5.97. The molecule has 0 amide bonds. The van der Waals surface area contributed by atoms with E-state index in [1.807, 2.05) is 42.5 Å². The number of thioether (sulfide) groups is 1. The fourth-order valence-corrected chi connectivity index (χ4v) is 3.67. The topological polar surface area (TPSA) is 21.6 Å². The Bertz CT molecular complexity index is 749. The highest BCUT2D eigenvalue weighted by molar-refractivity contribution is 8.18. The Labute approximate surface area is 127 Å². The molecule has 2 aromatic carbocycles. The average molecular weight is 291 g/mol. The normalized spacial score (nSPS) is 23.0. The molecule has 0 spiro atoms. The van der Waals surface area contributed by atoms with Crippen LogP contribution >= 0.6 is 11.8 Å². The maximum absolute atomic E-state index is 5.97. The zero-order valence-corrected chi connectivity index (χ0v) is 12.1. The Balaban J connectivity index is 1.85. The van der Waals surface area contributed by atoms with Gasteiger partial charge in [-0.25, -0.2) is 4.99 Å². The van der Waals surface area contributed by atoms with E-state index < -0.39 is 5.72 Å². The Morgan fingerprint density at radius 2 is 1.62 bits per heavy atom. The zero-order chi connectivity index (χ0) is 14.1. The van der Waals surface area contributed by atoms with E-state index in [-0.39, 0.29) is 0 Å². The summed E-state index contributed by atoms with van der Waals surface area (Å²) in [6.07, 6.45) is 5.72. The lowest BCUT2D eigenvalue weighted by Crippen LogP contribution is -2.25. The van der Waals surface area contributed by atoms with Crippen LogP contribution in [0, 0.1) is 0 Å². The first-order valence-corrected chi connectivity index (χ1v) is 7.64. The van der Waals surface area contributed by atoms with Crippen LogP contribution in [0.1, 0.15) is 11.1 Å². The second-order valence-corrected chi connectivity index (χ2v) is 5.90. The van der Waals surface area contributed by atoms with E-state index in [1.54, 1.807) is 18.0 Å². The second kappa shape index (κ2) is 4.93. The van der Waals surface area contributed by atoms with Gasteiger partial charge in [0, 0.05) is 11.1 Å². The molecule has 0 aliphatic carbocycles. The third-order valence-corrected chi connectivity index (χ3v) is 4.70. The van der Waals surface area contributed by atoms with Crippen LogP contribution in [-0.2, 0) is 10.5 Å². The van der Waals surface area contributed by atoms with Crippen molar-refractivity contribution in [2.24, 2.45) is 4.99 Å². The molecule has 0 fully saturated rings. The Kier molecular flexibility index (Phi) is 2.93. The van der Waals surface area contributed by atoms with E-state index in [4.69, 9.17) is 9.73 Å². The first-order valence-electron chi connectivity index (χ1n) is 6.82. The maximum atomic E-state index is 5.97. The maximum Gasteiger partial charge on any atom is 0.258 e. The lowest BCUT2D eigenvalue weighted by Gasteiger charge is -2.28. The highest BCUT2D eigenvalue weighted by Crippen LogP contribution is 2.50. The molecule has 2 aromatic rings. The number of ether oxygens (including phenoxy) is 1. The van der Waals surface area contributed by atoms with Gasteiger partial charge in [-0.3, -0.25) is 0 Å². The summed E-state index contributed by atoms with van der Waals surface area (Å²) in [5.41, 5.74) is 1.46. The molecule has 0 bridgehead atoms. The Morgan fingerprint density at radius 1 is 0.905 bits per heavy atom. The largest absolute Gasteiger partial charge is 0.465 e. The van der Waals surface area contributed by atoms with Crippen LogP contribution in [0.2, 0.25) is 0 Å². The summed E-state index contributed by atoms with van der Waals surface area (Å²) >= 11 is 1.68. The van der Waals surface area contributed by atoms with E-state index >= 15 is 0 Å². The van der Waals surface area contributed by atoms with Gasteiger partial charge in [0.15, 0.2) is 0 Å². The third-order valence-electron chi connectivity index (χ3n) is 3.55. The number of allylic oxidation sites excluding steroid dienone is 2. The van der Waals surface area contributed by atoms with Crippen molar-refractivity contribution >= 4 is 16.8 Å². The molecule has 2 heterocycles. The molecule has 0 saturated heterocycles. The molecule has 102 valence electrons. The third kappa shape index (κ3) is 2.01. The van der Waals surface area contributed by atoms with Crippen molar-refractivity contribution in [3.8, 4) is 0 Å². The van der Waals surface area contributed by atoms with Crippen molar-refractivity contribution in [1.29, 1.82) is 0 Å². The van der Waals surface area contributed by atoms with E-state index in [1.165, 1.54) is 0 Å². The molecule has 0 saturated carbocycles. The number of nitrogens with zero attached hydrogens (tertiary/aromatic N) is 1. The van der Waals surface area contributed by atoms with E-state index in [0.717, 1.165) is 21.1 Å². The van der Waals surface area contributed by atoms with Gasteiger partial charge < -0.3 is 4.74 Å². The Morgan fingerprint density at radius 3 is 2.38 bits per heavy atom. The van der Waals surface area contributed by atoms with Crippen molar-refractivity contribution in [3.05, 3.63) is 95.1 Å². The van der Waals surface area contributed by atoms with Gasteiger partial charge >= 0.3 is 0 Å². The van der Waals surface area contributed by atoms with Gasteiger partial charge in [0.25, 0.3) is 5.72 Å². The van der Waals surface area contributed by atoms with Gasteiger partial charge in [-0.15, -0.1) is 0 Å². The van der Waals surface area contributed by atoms with Crippen molar-refractivity contribution in [2.45, 2.75) is 5.72 Å². The highest BCUT2D eigenvalue weighted by Gasteiger charge is 2.44. The lowest BCUT2D eigenvalue weighted by molar-refractivity contribution is 0.0699. The zero-order valence-electron chi connectivity index (χ0n) is 11.3. The van der Waals surface area contributed by atoms with Crippen molar-refractivity contribution < 1.29 is 4.74 Å². The molecule has 2 nitrogen and oxygen atoms in total. The lowest BCUT2D eigenvalue weighted by atomic mass is 10.0. The second-order valence-electron chi connectivity index (χ2n) is 4.87. The summed E-state index contributed by atoms with van der Waals surface area (Å²) in [7, 11) is 0. The molecular weight excluding hydrogens is 278 g/mol. The highest BCUT2D eigenvalue weighted by atomic mass is 32.2. The molecule has 2 aliphatic heterocycles. The Hall–Kier alpha value is -2.26. The monoisotopic (exact) mass is 291 g/mol. The van der Waals surface area contributed by atoms with Crippen LogP contribution in [0.15, 0.2) is 89.0 Å². The molecule has 3 heteroatoms. The van der Waals surface area contributed by atoms with Crippen LogP contribution in [0.3, 0.4) is 0 Å². The minimum Gasteiger partial charge on any atom is -0.465 e. The van der Waals surface area contributed by atoms with Gasteiger partial charge in [-0.2, -0.15) is 0 Å². The number of hydrogen-bond acceptors (Lipinski definition) is 3. The first kappa shape index (κ1) is 12.5. The van der Waals surface area contributed by atoms with Crippen molar-refractivity contribution in [3.63, 3.8) is 0 Å². The van der Waals surface area contributed by atoms with E-state index in [2.05, 4.69) is 30.3 Å². The summed E-state index contributed by atoms with van der Waals surface area (Å²) in [5.74, 6) is 0. The predicted molar refractivity (Wildman–Crippen MR) is 87.0 cm³/mol. The minimum atomic E-state index is -0.716. The SMILES string of the molecule is C1=COC2(c3ccccc3)N=C(c3ccccc3)SC2=C1. The van der Waals surface area contributed by atoms with Crippen LogP contribution in [0.25, 0.3) is 0 Å². The molecule has 0 radical (unpaired) electrons. The molecule has 4 rings (SSSR count). The summed E-state index contributed by atoms with van der Waals surface area (Å²) in [5, 5.41) is 0.995. The number of benzene rings is 2. The molecule has 21 heavy (non-hydrogen) atoms. The molecule has 0 aromatic heterocycles. The molecule has 0 N–H and O–H groups in total. The van der Waals surface area contributed by atoms with Gasteiger partial charge in [0.05, 0.1) is 11.2 Å². The smallest absolute Gasteiger partial charge is 0.258 e. The number of fused-ring (bicyclic) bond motifs is 1. The first-order chi connectivity index (χ1) is 10.4. The van der Waals surface area contributed by atoms with Crippen LogP contribution in [0.5, 0.6) is 0 Å². The molecule has 1 atom stereocenters. The molecule has 2 aliphatic rings. The van der Waals surface area contributed by atoms with Gasteiger partial charge in [-0.05, 0) is 12.2 Å². The van der Waals surface area contributed by atoms with Crippen LogP contribution < -0.4 is 0 Å². The van der Waals surface area contributed by atoms with Gasteiger partial charge in [0.1, 0.15) is 5.04 Å². The van der Waals surface area contributed by atoms with E-state index in [9.17, 15) is 0 Å². The predicted octanol–water partition coefficient (Wildman–Crippen LogP) is 4.46. The van der Waals surface area contributed by atoms with Crippen LogP contribution in [0.4, 0.5) is 0 Å². The van der Waals surface area contributed by atoms with Gasteiger partial charge in [0.2, 0.25) is 0 Å².